The molecule has 0 amide bonds. The minimum atomic E-state index is 0.571. The van der Waals surface area contributed by atoms with Crippen molar-refractivity contribution in [2.75, 3.05) is 0 Å². The number of alkyl halides is 1. The van der Waals surface area contributed by atoms with Crippen molar-refractivity contribution in [2.45, 2.75) is 24.6 Å². The number of aldehydes is 1. The quantitative estimate of drug-likeness (QED) is 0.299. The summed E-state index contributed by atoms with van der Waals surface area (Å²) in [6, 6.07) is 0. The van der Waals surface area contributed by atoms with Crippen LogP contribution >= 0.6 is 15.9 Å². The standard InChI is InChI=1S/C9H13BrO/c1-9(10)7-5-3-2-4-6-8-11/h2-4,6,8-9H,5,7H2,1H3/b3-2+,6-4+. The molecule has 0 bridgehead atoms. The summed E-state index contributed by atoms with van der Waals surface area (Å²) < 4.78 is 0. The van der Waals surface area contributed by atoms with Gasteiger partial charge in [-0.25, -0.2) is 0 Å². The Morgan fingerprint density at radius 1 is 1.36 bits per heavy atom. The van der Waals surface area contributed by atoms with Gasteiger partial charge in [0, 0.05) is 4.83 Å². The molecule has 0 saturated heterocycles. The second kappa shape index (κ2) is 7.73. The second-order valence-corrected chi connectivity index (χ2v) is 3.87. The van der Waals surface area contributed by atoms with Crippen molar-refractivity contribution >= 4 is 22.2 Å². The van der Waals surface area contributed by atoms with Gasteiger partial charge in [0.2, 0.25) is 0 Å². The topological polar surface area (TPSA) is 17.1 Å². The van der Waals surface area contributed by atoms with Gasteiger partial charge in [-0.05, 0) is 18.9 Å². The molecular formula is C9H13BrO. The molecule has 0 spiro atoms. The van der Waals surface area contributed by atoms with Crippen molar-refractivity contribution < 1.29 is 4.79 Å². The molecule has 1 atom stereocenters. The van der Waals surface area contributed by atoms with E-state index >= 15 is 0 Å². The zero-order valence-electron chi connectivity index (χ0n) is 6.66. The van der Waals surface area contributed by atoms with Crippen molar-refractivity contribution in [1.82, 2.24) is 0 Å². The summed E-state index contributed by atoms with van der Waals surface area (Å²) >= 11 is 3.45. The minimum absolute atomic E-state index is 0.571. The Morgan fingerprint density at radius 3 is 2.64 bits per heavy atom. The van der Waals surface area contributed by atoms with Crippen LogP contribution in [0.4, 0.5) is 0 Å². The Morgan fingerprint density at radius 2 is 2.09 bits per heavy atom. The highest BCUT2D eigenvalue weighted by Crippen LogP contribution is 2.06. The van der Waals surface area contributed by atoms with Crippen LogP contribution in [-0.2, 0) is 4.79 Å². The fourth-order valence-corrected chi connectivity index (χ4v) is 0.875. The first-order valence-electron chi connectivity index (χ1n) is 3.68. The van der Waals surface area contributed by atoms with Crippen LogP contribution in [0.1, 0.15) is 19.8 Å². The van der Waals surface area contributed by atoms with Crippen molar-refractivity contribution in [2.24, 2.45) is 0 Å². The number of carbonyl (C=O) groups is 1. The number of rotatable bonds is 5. The van der Waals surface area contributed by atoms with Gasteiger partial charge in [-0.15, -0.1) is 0 Å². The van der Waals surface area contributed by atoms with Crippen LogP contribution in [-0.4, -0.2) is 11.1 Å². The highest BCUT2D eigenvalue weighted by atomic mass is 79.9. The predicted molar refractivity (Wildman–Crippen MR) is 52.0 cm³/mol. The molecule has 0 N–H and O–H groups in total. The zero-order valence-corrected chi connectivity index (χ0v) is 8.25. The average Bonchev–Trinajstić information content (AvgIpc) is 1.96. The van der Waals surface area contributed by atoms with Crippen LogP contribution in [0.5, 0.6) is 0 Å². The predicted octanol–water partition coefficient (Wildman–Crippen LogP) is 2.86. The van der Waals surface area contributed by atoms with Gasteiger partial charge in [0.1, 0.15) is 6.29 Å². The third kappa shape index (κ3) is 9.63. The number of allylic oxidation sites excluding steroid dienone is 4. The maximum absolute atomic E-state index is 9.82. The van der Waals surface area contributed by atoms with E-state index in [1.807, 2.05) is 6.08 Å². The molecule has 0 radical (unpaired) electrons. The first kappa shape index (κ1) is 10.6. The first-order chi connectivity index (χ1) is 5.27. The van der Waals surface area contributed by atoms with Gasteiger partial charge in [-0.2, -0.15) is 0 Å². The Kier molecular flexibility index (Phi) is 7.47. The van der Waals surface area contributed by atoms with E-state index in [-0.39, 0.29) is 0 Å². The van der Waals surface area contributed by atoms with E-state index in [0.29, 0.717) is 4.83 Å². The summed E-state index contributed by atoms with van der Waals surface area (Å²) in [7, 11) is 0. The summed E-state index contributed by atoms with van der Waals surface area (Å²) in [5, 5.41) is 0. The lowest BCUT2D eigenvalue weighted by atomic mass is 10.2. The van der Waals surface area contributed by atoms with E-state index in [9.17, 15) is 4.79 Å². The maximum atomic E-state index is 9.82. The summed E-state index contributed by atoms with van der Waals surface area (Å²) in [4.78, 5) is 10.4. The van der Waals surface area contributed by atoms with Crippen molar-refractivity contribution in [3.05, 3.63) is 24.3 Å². The molecule has 0 aliphatic heterocycles. The third-order valence-electron chi connectivity index (χ3n) is 1.17. The Labute approximate surface area is 76.3 Å². The lowest BCUT2D eigenvalue weighted by Gasteiger charge is -1.95. The van der Waals surface area contributed by atoms with Gasteiger partial charge in [0.05, 0.1) is 0 Å². The molecule has 0 heterocycles. The van der Waals surface area contributed by atoms with E-state index in [0.717, 1.165) is 19.1 Å². The molecule has 0 fully saturated rings. The van der Waals surface area contributed by atoms with Gasteiger partial charge < -0.3 is 0 Å². The fraction of sp³-hybridized carbons (Fsp3) is 0.444. The van der Waals surface area contributed by atoms with Crippen LogP contribution in [0.25, 0.3) is 0 Å². The first-order valence-corrected chi connectivity index (χ1v) is 4.60. The van der Waals surface area contributed by atoms with E-state index in [2.05, 4.69) is 28.9 Å². The molecule has 0 aromatic heterocycles. The lowest BCUT2D eigenvalue weighted by molar-refractivity contribution is -0.104. The molecule has 0 aromatic rings. The third-order valence-corrected chi connectivity index (χ3v) is 1.63. The largest absolute Gasteiger partial charge is 0.299 e. The van der Waals surface area contributed by atoms with Gasteiger partial charge >= 0.3 is 0 Å². The summed E-state index contributed by atoms with van der Waals surface area (Å²) in [6.45, 7) is 2.12. The molecule has 0 aliphatic carbocycles. The van der Waals surface area contributed by atoms with E-state index in [4.69, 9.17) is 0 Å². The molecule has 1 nitrogen and oxygen atoms in total. The molecule has 1 unspecified atom stereocenters. The number of hydrogen-bond acceptors (Lipinski definition) is 1. The van der Waals surface area contributed by atoms with E-state index in [1.165, 1.54) is 6.08 Å². The van der Waals surface area contributed by atoms with Crippen LogP contribution in [0, 0.1) is 0 Å². The van der Waals surface area contributed by atoms with Gasteiger partial charge in [-0.3, -0.25) is 4.79 Å². The van der Waals surface area contributed by atoms with Gasteiger partial charge in [0.15, 0.2) is 0 Å². The molecular weight excluding hydrogens is 204 g/mol. The smallest absolute Gasteiger partial charge is 0.142 e. The number of hydrogen-bond donors (Lipinski definition) is 0. The van der Waals surface area contributed by atoms with Crippen LogP contribution in [0.15, 0.2) is 24.3 Å². The molecule has 2 heteroatoms. The van der Waals surface area contributed by atoms with Crippen molar-refractivity contribution in [3.8, 4) is 0 Å². The van der Waals surface area contributed by atoms with Crippen LogP contribution < -0.4 is 0 Å². The highest BCUT2D eigenvalue weighted by molar-refractivity contribution is 9.09. The monoisotopic (exact) mass is 216 g/mol. The van der Waals surface area contributed by atoms with Crippen molar-refractivity contribution in [3.63, 3.8) is 0 Å². The minimum Gasteiger partial charge on any atom is -0.299 e. The number of carbonyl (C=O) groups excluding carboxylic acids is 1. The average molecular weight is 217 g/mol. The molecule has 62 valence electrons. The zero-order chi connectivity index (χ0) is 8.53. The summed E-state index contributed by atoms with van der Waals surface area (Å²) in [5.41, 5.74) is 0. The summed E-state index contributed by atoms with van der Waals surface area (Å²) in [5.74, 6) is 0. The fourth-order valence-electron chi connectivity index (χ4n) is 0.610. The molecule has 0 rings (SSSR count). The SMILES string of the molecule is CC(Br)CC/C=C/C=C/C=O. The van der Waals surface area contributed by atoms with E-state index < -0.39 is 0 Å². The van der Waals surface area contributed by atoms with Gasteiger partial charge in [-0.1, -0.05) is 41.1 Å². The Bertz CT molecular complexity index is 148. The summed E-state index contributed by atoms with van der Waals surface area (Å²) in [6.07, 6.45) is 10.1. The van der Waals surface area contributed by atoms with Gasteiger partial charge in [0.25, 0.3) is 0 Å². The molecule has 0 aromatic carbocycles. The Hall–Kier alpha value is -0.370. The van der Waals surface area contributed by atoms with Crippen LogP contribution in [0.2, 0.25) is 0 Å². The molecule has 0 saturated carbocycles. The maximum Gasteiger partial charge on any atom is 0.142 e. The number of halogens is 1. The second-order valence-electron chi connectivity index (χ2n) is 2.31. The molecule has 0 aliphatic rings. The van der Waals surface area contributed by atoms with Crippen LogP contribution in [0.3, 0.4) is 0 Å². The van der Waals surface area contributed by atoms with Crippen molar-refractivity contribution in [1.29, 1.82) is 0 Å². The normalized spacial score (nSPS) is 14.4. The highest BCUT2D eigenvalue weighted by Gasteiger charge is 1.90. The lowest BCUT2D eigenvalue weighted by Crippen LogP contribution is -1.85. The van der Waals surface area contributed by atoms with E-state index in [1.54, 1.807) is 6.08 Å². The molecule has 11 heavy (non-hydrogen) atoms. The Balaban J connectivity index is 3.30.